The molecule has 0 amide bonds. The van der Waals surface area contributed by atoms with E-state index in [1.165, 1.54) is 18.2 Å². The van der Waals surface area contributed by atoms with Crippen molar-refractivity contribution in [3.8, 4) is 11.8 Å². The van der Waals surface area contributed by atoms with Crippen LogP contribution in [0.1, 0.15) is 23.6 Å². The SMILES string of the molecule is CN=C(NCc1cc(C#N)ccc1F)NCC(C)Oc1ccccc1C.I. The fourth-order valence-corrected chi connectivity index (χ4v) is 2.37. The van der Waals surface area contributed by atoms with Crippen LogP contribution < -0.4 is 15.4 Å². The summed E-state index contributed by atoms with van der Waals surface area (Å²) >= 11 is 0. The Bertz CT molecular complexity index is 820. The molecule has 27 heavy (non-hydrogen) atoms. The van der Waals surface area contributed by atoms with Crippen molar-refractivity contribution in [1.82, 2.24) is 10.6 Å². The summed E-state index contributed by atoms with van der Waals surface area (Å²) in [4.78, 5) is 4.12. The third-order valence-electron chi connectivity index (χ3n) is 3.82. The molecule has 5 nitrogen and oxygen atoms in total. The smallest absolute Gasteiger partial charge is 0.191 e. The first-order chi connectivity index (χ1) is 12.5. The van der Waals surface area contributed by atoms with Gasteiger partial charge in [0, 0.05) is 19.2 Å². The number of aryl methyl sites for hydroxylation is 1. The van der Waals surface area contributed by atoms with E-state index in [9.17, 15) is 4.39 Å². The summed E-state index contributed by atoms with van der Waals surface area (Å²) in [6.45, 7) is 4.73. The van der Waals surface area contributed by atoms with Crippen LogP contribution in [0, 0.1) is 24.1 Å². The van der Waals surface area contributed by atoms with E-state index in [0.29, 0.717) is 23.6 Å². The minimum atomic E-state index is -0.358. The van der Waals surface area contributed by atoms with Crippen LogP contribution in [0.15, 0.2) is 47.5 Å². The van der Waals surface area contributed by atoms with Gasteiger partial charge < -0.3 is 15.4 Å². The Hall–Kier alpha value is -2.34. The Morgan fingerprint density at radius 2 is 2.00 bits per heavy atom. The molecular weight excluding hydrogens is 458 g/mol. The van der Waals surface area contributed by atoms with Crippen LogP contribution in [0.5, 0.6) is 5.75 Å². The van der Waals surface area contributed by atoms with E-state index < -0.39 is 0 Å². The number of hydrogen-bond acceptors (Lipinski definition) is 3. The molecule has 0 aliphatic heterocycles. The summed E-state index contributed by atoms with van der Waals surface area (Å²) in [6, 6.07) is 14.1. The van der Waals surface area contributed by atoms with Gasteiger partial charge in [-0.3, -0.25) is 4.99 Å². The van der Waals surface area contributed by atoms with Crippen LogP contribution in [-0.4, -0.2) is 25.7 Å². The quantitative estimate of drug-likeness (QED) is 0.374. The maximum atomic E-state index is 13.8. The number of nitrogens with one attached hydrogen (secondary N) is 2. The average Bonchev–Trinajstić information content (AvgIpc) is 2.65. The molecule has 0 saturated heterocycles. The Morgan fingerprint density at radius 1 is 1.26 bits per heavy atom. The lowest BCUT2D eigenvalue weighted by molar-refractivity contribution is 0.222. The van der Waals surface area contributed by atoms with Crippen LogP contribution in [0.2, 0.25) is 0 Å². The van der Waals surface area contributed by atoms with Crippen LogP contribution in [-0.2, 0) is 6.54 Å². The summed E-state index contributed by atoms with van der Waals surface area (Å²) in [5.41, 5.74) is 1.91. The third-order valence-corrected chi connectivity index (χ3v) is 3.82. The number of guanidine groups is 1. The number of rotatable bonds is 6. The molecule has 0 aliphatic rings. The number of aliphatic imine (C=N–C) groups is 1. The highest BCUT2D eigenvalue weighted by Gasteiger charge is 2.09. The normalized spacial score (nSPS) is 11.7. The zero-order chi connectivity index (χ0) is 18.9. The molecule has 0 aliphatic carbocycles. The number of para-hydroxylation sites is 1. The van der Waals surface area contributed by atoms with Crippen molar-refractivity contribution in [2.75, 3.05) is 13.6 Å². The fourth-order valence-electron chi connectivity index (χ4n) is 2.37. The van der Waals surface area contributed by atoms with E-state index >= 15 is 0 Å². The second kappa shape index (κ2) is 11.4. The number of halogens is 2. The van der Waals surface area contributed by atoms with Crippen LogP contribution in [0.4, 0.5) is 4.39 Å². The molecule has 0 saturated carbocycles. The first-order valence-corrected chi connectivity index (χ1v) is 8.38. The van der Waals surface area contributed by atoms with Crippen molar-refractivity contribution in [1.29, 1.82) is 5.26 Å². The highest BCUT2D eigenvalue weighted by Crippen LogP contribution is 2.17. The molecule has 0 bridgehead atoms. The van der Waals surface area contributed by atoms with E-state index in [0.717, 1.165) is 11.3 Å². The van der Waals surface area contributed by atoms with Crippen molar-refractivity contribution < 1.29 is 9.13 Å². The molecule has 7 heteroatoms. The summed E-state index contributed by atoms with van der Waals surface area (Å²) in [5, 5.41) is 15.1. The van der Waals surface area contributed by atoms with Gasteiger partial charge in [0.2, 0.25) is 0 Å². The maximum Gasteiger partial charge on any atom is 0.191 e. The third kappa shape index (κ3) is 7.06. The second-order valence-corrected chi connectivity index (χ2v) is 5.92. The molecule has 144 valence electrons. The topological polar surface area (TPSA) is 69.4 Å². The van der Waals surface area contributed by atoms with E-state index in [4.69, 9.17) is 10.00 Å². The maximum absolute atomic E-state index is 13.8. The molecule has 0 radical (unpaired) electrons. The number of nitriles is 1. The Balaban J connectivity index is 0.00000364. The molecule has 2 aromatic carbocycles. The molecule has 0 fully saturated rings. The first kappa shape index (κ1) is 22.7. The number of benzene rings is 2. The van der Waals surface area contributed by atoms with Crippen LogP contribution in [0.3, 0.4) is 0 Å². The molecule has 0 spiro atoms. The van der Waals surface area contributed by atoms with Crippen molar-refractivity contribution in [2.45, 2.75) is 26.5 Å². The molecule has 2 rings (SSSR count). The molecule has 0 aromatic heterocycles. The molecule has 1 unspecified atom stereocenters. The predicted molar refractivity (Wildman–Crippen MR) is 116 cm³/mol. The van der Waals surface area contributed by atoms with Gasteiger partial charge in [-0.25, -0.2) is 4.39 Å². The monoisotopic (exact) mass is 482 g/mol. The first-order valence-electron chi connectivity index (χ1n) is 8.38. The minimum absolute atomic E-state index is 0. The van der Waals surface area contributed by atoms with Crippen molar-refractivity contribution in [2.24, 2.45) is 4.99 Å². The van der Waals surface area contributed by atoms with Gasteiger partial charge in [-0.05, 0) is 43.7 Å². The van der Waals surface area contributed by atoms with Gasteiger partial charge in [-0.1, -0.05) is 18.2 Å². The number of ether oxygens (including phenoxy) is 1. The van der Waals surface area contributed by atoms with Crippen molar-refractivity contribution >= 4 is 29.9 Å². The molecular formula is C20H24FIN4O. The summed E-state index contributed by atoms with van der Waals surface area (Å²) in [5.74, 6) is 1.02. The fraction of sp³-hybridized carbons (Fsp3) is 0.300. The number of hydrogen-bond donors (Lipinski definition) is 2. The lowest BCUT2D eigenvalue weighted by atomic mass is 10.1. The molecule has 2 aromatic rings. The molecule has 2 N–H and O–H groups in total. The van der Waals surface area contributed by atoms with Crippen LogP contribution in [0.25, 0.3) is 0 Å². The van der Waals surface area contributed by atoms with Gasteiger partial charge in [-0.15, -0.1) is 24.0 Å². The second-order valence-electron chi connectivity index (χ2n) is 5.92. The molecule has 1 atom stereocenters. The van der Waals surface area contributed by atoms with Gasteiger partial charge in [0.1, 0.15) is 17.7 Å². The van der Waals surface area contributed by atoms with Crippen molar-refractivity contribution in [3.63, 3.8) is 0 Å². The highest BCUT2D eigenvalue weighted by atomic mass is 127. The van der Waals surface area contributed by atoms with Gasteiger partial charge in [-0.2, -0.15) is 5.26 Å². The largest absolute Gasteiger partial charge is 0.489 e. The van der Waals surface area contributed by atoms with E-state index in [-0.39, 0.29) is 42.4 Å². The van der Waals surface area contributed by atoms with Gasteiger partial charge in [0.25, 0.3) is 0 Å². The van der Waals surface area contributed by atoms with Crippen molar-refractivity contribution in [3.05, 3.63) is 65.0 Å². The number of nitrogens with zero attached hydrogens (tertiary/aromatic N) is 2. The minimum Gasteiger partial charge on any atom is -0.489 e. The highest BCUT2D eigenvalue weighted by molar-refractivity contribution is 14.0. The Kier molecular flexibility index (Phi) is 9.58. The lowest BCUT2D eigenvalue weighted by Gasteiger charge is -2.19. The Labute approximate surface area is 176 Å². The van der Waals surface area contributed by atoms with E-state index in [1.807, 2.05) is 44.2 Å². The standard InChI is InChI=1S/C20H23FN4O.HI/c1-14-6-4-5-7-19(14)26-15(2)12-24-20(23-3)25-13-17-10-16(11-22)8-9-18(17)21;/h4-10,15H,12-13H2,1-3H3,(H2,23,24,25);1H. The van der Waals surface area contributed by atoms with Gasteiger partial charge in [0.05, 0.1) is 18.2 Å². The Morgan fingerprint density at radius 3 is 2.67 bits per heavy atom. The summed E-state index contributed by atoms with van der Waals surface area (Å²) < 4.78 is 19.7. The van der Waals surface area contributed by atoms with E-state index in [2.05, 4.69) is 15.6 Å². The summed E-state index contributed by atoms with van der Waals surface area (Å²) in [7, 11) is 1.64. The zero-order valence-electron chi connectivity index (χ0n) is 15.6. The average molecular weight is 482 g/mol. The zero-order valence-corrected chi connectivity index (χ0v) is 18.0. The molecule has 0 heterocycles. The lowest BCUT2D eigenvalue weighted by Crippen LogP contribution is -2.41. The van der Waals surface area contributed by atoms with Gasteiger partial charge in [0.15, 0.2) is 5.96 Å². The predicted octanol–water partition coefficient (Wildman–Crippen LogP) is 3.76. The summed E-state index contributed by atoms with van der Waals surface area (Å²) in [6.07, 6.45) is -0.0756. The van der Waals surface area contributed by atoms with E-state index in [1.54, 1.807) is 7.05 Å². The van der Waals surface area contributed by atoms with Crippen LogP contribution >= 0.6 is 24.0 Å². The van der Waals surface area contributed by atoms with Gasteiger partial charge >= 0.3 is 0 Å².